The van der Waals surface area contributed by atoms with E-state index in [1.165, 1.54) is 0 Å². The predicted molar refractivity (Wildman–Crippen MR) is 63.6 cm³/mol. The Morgan fingerprint density at radius 3 is 2.75 bits per heavy atom. The molecule has 1 saturated heterocycles. The summed E-state index contributed by atoms with van der Waals surface area (Å²) in [6.07, 6.45) is 0.362. The lowest BCUT2D eigenvalue weighted by atomic mass is 9.96. The Morgan fingerprint density at radius 2 is 2.19 bits per heavy atom. The molecule has 0 saturated carbocycles. The molecule has 0 aromatic carbocycles. The van der Waals surface area contributed by atoms with Crippen LogP contribution in [-0.2, 0) is 10.0 Å². The van der Waals surface area contributed by atoms with Crippen molar-refractivity contribution in [1.82, 2.24) is 10.0 Å². The van der Waals surface area contributed by atoms with Gasteiger partial charge in [-0.2, -0.15) is 0 Å². The number of rotatable bonds is 5. The first-order valence-corrected chi connectivity index (χ1v) is 7.42. The molecule has 0 spiro atoms. The van der Waals surface area contributed by atoms with Crippen LogP contribution >= 0.6 is 0 Å². The van der Waals surface area contributed by atoms with Gasteiger partial charge in [-0.15, -0.1) is 0 Å². The molecule has 0 unspecified atom stereocenters. The number of nitrogens with one attached hydrogen (secondary N) is 2. The van der Waals surface area contributed by atoms with E-state index in [4.69, 9.17) is 0 Å². The Hall–Kier alpha value is -0.170. The Labute approximate surface area is 97.7 Å². The van der Waals surface area contributed by atoms with Crippen molar-refractivity contribution in [1.29, 1.82) is 0 Å². The van der Waals surface area contributed by atoms with Gasteiger partial charge < -0.3 is 10.4 Å². The minimum atomic E-state index is -3.19. The van der Waals surface area contributed by atoms with Gasteiger partial charge in [-0.3, -0.25) is 0 Å². The Kier molecular flexibility index (Phi) is 5.17. The average molecular weight is 250 g/mol. The van der Waals surface area contributed by atoms with Crippen molar-refractivity contribution in [3.8, 4) is 0 Å². The third kappa shape index (κ3) is 4.78. The van der Waals surface area contributed by atoms with Crippen LogP contribution in [0.5, 0.6) is 0 Å². The fourth-order valence-corrected chi connectivity index (χ4v) is 3.33. The molecule has 0 aromatic heterocycles. The summed E-state index contributed by atoms with van der Waals surface area (Å²) in [4.78, 5) is 0. The number of hydrogen-bond acceptors (Lipinski definition) is 4. The topological polar surface area (TPSA) is 78.4 Å². The van der Waals surface area contributed by atoms with Crippen molar-refractivity contribution < 1.29 is 13.5 Å². The van der Waals surface area contributed by atoms with E-state index in [0.29, 0.717) is 13.1 Å². The van der Waals surface area contributed by atoms with Gasteiger partial charge in [0.05, 0.1) is 11.9 Å². The average Bonchev–Trinajstić information content (AvgIpc) is 2.14. The monoisotopic (exact) mass is 250 g/mol. The number of aliphatic hydroxyl groups excluding tert-OH is 1. The number of β-amino-alcohol motifs (C(OH)–C–C–N with tert-alkyl or cyclic N) is 1. The first kappa shape index (κ1) is 13.9. The summed E-state index contributed by atoms with van der Waals surface area (Å²) in [6.45, 7) is 5.49. The van der Waals surface area contributed by atoms with Crippen LogP contribution in [0.2, 0.25) is 0 Å². The summed E-state index contributed by atoms with van der Waals surface area (Å²) in [7, 11) is -3.19. The minimum Gasteiger partial charge on any atom is -0.391 e. The Morgan fingerprint density at radius 1 is 1.50 bits per heavy atom. The highest BCUT2D eigenvalue weighted by atomic mass is 32.2. The van der Waals surface area contributed by atoms with Crippen molar-refractivity contribution in [2.45, 2.75) is 26.4 Å². The lowest BCUT2D eigenvalue weighted by Gasteiger charge is -2.28. The normalized spacial score (nSPS) is 27.2. The van der Waals surface area contributed by atoms with Gasteiger partial charge in [-0.05, 0) is 18.9 Å². The van der Waals surface area contributed by atoms with Gasteiger partial charge >= 0.3 is 0 Å². The van der Waals surface area contributed by atoms with E-state index < -0.39 is 16.1 Å². The van der Waals surface area contributed by atoms with Crippen molar-refractivity contribution in [2.75, 3.05) is 25.4 Å². The summed E-state index contributed by atoms with van der Waals surface area (Å²) in [5, 5.41) is 12.7. The van der Waals surface area contributed by atoms with Gasteiger partial charge in [0.15, 0.2) is 0 Å². The first-order valence-electron chi connectivity index (χ1n) is 5.77. The number of hydrogen-bond donors (Lipinski definition) is 3. The summed E-state index contributed by atoms with van der Waals surface area (Å²) < 4.78 is 25.7. The highest BCUT2D eigenvalue weighted by Crippen LogP contribution is 2.11. The van der Waals surface area contributed by atoms with Gasteiger partial charge in [0.25, 0.3) is 0 Å². The first-order chi connectivity index (χ1) is 7.41. The molecular formula is C10H22N2O3S. The lowest BCUT2D eigenvalue weighted by Crippen LogP contribution is -2.45. The van der Waals surface area contributed by atoms with Gasteiger partial charge in [0, 0.05) is 19.0 Å². The SMILES string of the molecule is CC(C)CS(=O)(=O)NC[C@@H]1CCNC[C@H]1O. The highest BCUT2D eigenvalue weighted by Gasteiger charge is 2.24. The van der Waals surface area contributed by atoms with Crippen LogP contribution in [0.15, 0.2) is 0 Å². The smallest absolute Gasteiger partial charge is 0.211 e. The van der Waals surface area contributed by atoms with Gasteiger partial charge in [0.2, 0.25) is 10.0 Å². The maximum Gasteiger partial charge on any atom is 0.211 e. The fourth-order valence-electron chi connectivity index (χ4n) is 1.87. The molecule has 1 rings (SSSR count). The van der Waals surface area contributed by atoms with Gasteiger partial charge in [-0.1, -0.05) is 13.8 Å². The molecule has 0 aromatic rings. The number of sulfonamides is 1. The molecule has 16 heavy (non-hydrogen) atoms. The van der Waals surface area contributed by atoms with Crippen molar-refractivity contribution in [2.24, 2.45) is 11.8 Å². The van der Waals surface area contributed by atoms with Crippen LogP contribution in [0.3, 0.4) is 0 Å². The molecule has 0 amide bonds. The van der Waals surface area contributed by atoms with Crippen LogP contribution < -0.4 is 10.0 Å². The Balaban J connectivity index is 2.38. The molecule has 1 aliphatic heterocycles. The largest absolute Gasteiger partial charge is 0.391 e. The van der Waals surface area contributed by atoms with E-state index in [-0.39, 0.29) is 17.6 Å². The second-order valence-electron chi connectivity index (χ2n) is 4.84. The van der Waals surface area contributed by atoms with E-state index in [2.05, 4.69) is 10.0 Å². The summed E-state index contributed by atoms with van der Waals surface area (Å²) in [6, 6.07) is 0. The van der Waals surface area contributed by atoms with Gasteiger partial charge in [0.1, 0.15) is 0 Å². The van der Waals surface area contributed by atoms with Crippen LogP contribution in [0.25, 0.3) is 0 Å². The molecular weight excluding hydrogens is 228 g/mol. The highest BCUT2D eigenvalue weighted by molar-refractivity contribution is 7.89. The zero-order valence-electron chi connectivity index (χ0n) is 9.94. The van der Waals surface area contributed by atoms with E-state index in [1.54, 1.807) is 0 Å². The van der Waals surface area contributed by atoms with Crippen molar-refractivity contribution in [3.63, 3.8) is 0 Å². The quantitative estimate of drug-likeness (QED) is 0.616. The molecule has 96 valence electrons. The third-order valence-corrected chi connectivity index (χ3v) is 4.42. The molecule has 0 radical (unpaired) electrons. The molecule has 0 aliphatic carbocycles. The molecule has 3 N–H and O–H groups in total. The van der Waals surface area contributed by atoms with Crippen molar-refractivity contribution in [3.05, 3.63) is 0 Å². The standard InChI is InChI=1S/C10H22N2O3S/c1-8(2)7-16(14,15)12-5-9-3-4-11-6-10(9)13/h8-13H,3-7H2,1-2H3/t9-,10+/m0/s1. The van der Waals surface area contributed by atoms with E-state index in [9.17, 15) is 13.5 Å². The Bertz CT molecular complexity index is 303. The van der Waals surface area contributed by atoms with E-state index in [0.717, 1.165) is 13.0 Å². The molecule has 6 heteroatoms. The van der Waals surface area contributed by atoms with Crippen LogP contribution in [0.4, 0.5) is 0 Å². The van der Waals surface area contributed by atoms with E-state index >= 15 is 0 Å². The maximum absolute atomic E-state index is 11.6. The number of aliphatic hydroxyl groups is 1. The summed E-state index contributed by atoms with van der Waals surface area (Å²) >= 11 is 0. The van der Waals surface area contributed by atoms with Crippen LogP contribution in [0, 0.1) is 11.8 Å². The molecule has 2 atom stereocenters. The zero-order valence-corrected chi connectivity index (χ0v) is 10.8. The third-order valence-electron chi connectivity index (χ3n) is 2.71. The van der Waals surface area contributed by atoms with Crippen LogP contribution in [-0.4, -0.2) is 45.0 Å². The number of piperidine rings is 1. The fraction of sp³-hybridized carbons (Fsp3) is 1.00. The zero-order chi connectivity index (χ0) is 12.2. The second-order valence-corrected chi connectivity index (χ2v) is 6.70. The van der Waals surface area contributed by atoms with E-state index in [1.807, 2.05) is 13.8 Å². The maximum atomic E-state index is 11.6. The lowest BCUT2D eigenvalue weighted by molar-refractivity contribution is 0.0844. The van der Waals surface area contributed by atoms with Gasteiger partial charge in [-0.25, -0.2) is 13.1 Å². The summed E-state index contributed by atoms with van der Waals surface area (Å²) in [5.41, 5.74) is 0. The predicted octanol–water partition coefficient (Wildman–Crippen LogP) is -0.468. The second kappa shape index (κ2) is 5.95. The molecule has 1 aliphatic rings. The molecule has 5 nitrogen and oxygen atoms in total. The molecule has 1 fully saturated rings. The minimum absolute atomic E-state index is 0.0307. The summed E-state index contributed by atoms with van der Waals surface area (Å²) in [5.74, 6) is 0.298. The molecule has 1 heterocycles. The van der Waals surface area contributed by atoms with Crippen LogP contribution in [0.1, 0.15) is 20.3 Å². The van der Waals surface area contributed by atoms with Crippen molar-refractivity contribution >= 4 is 10.0 Å². The molecule has 0 bridgehead atoms.